The highest BCUT2D eigenvalue weighted by Gasteiger charge is 2.56. The molecule has 9 nitrogen and oxygen atoms in total. The standard InChI is InChI=1S/C21H20N4O5/c1-11(26)17-16-10-15(18(20(28)29)25(16)19(17)27)12-2-4-13(5-3-12)23-21(30)24-14-6-8-22-9-7-14/h2-9,11,16-17,26H,10H2,1H3,(H,28,29)(H2,22,23,24,30)/t11-,16-,17-/m1/s1. The molecule has 0 bridgehead atoms. The van der Waals surface area contributed by atoms with E-state index in [1.807, 2.05) is 0 Å². The molecule has 2 aliphatic rings. The Bertz CT molecular complexity index is 1030. The minimum atomic E-state index is -1.18. The quantitative estimate of drug-likeness (QED) is 0.561. The van der Waals surface area contributed by atoms with Crippen LogP contribution in [-0.2, 0) is 9.59 Å². The van der Waals surface area contributed by atoms with Gasteiger partial charge in [0.25, 0.3) is 0 Å². The number of benzene rings is 1. The highest BCUT2D eigenvalue weighted by atomic mass is 16.4. The number of fused-ring (bicyclic) bond motifs is 1. The van der Waals surface area contributed by atoms with Gasteiger partial charge in [0.05, 0.1) is 18.1 Å². The van der Waals surface area contributed by atoms with Gasteiger partial charge in [-0.05, 0) is 48.7 Å². The zero-order valence-corrected chi connectivity index (χ0v) is 16.1. The number of carboxylic acids is 1. The van der Waals surface area contributed by atoms with Crippen LogP contribution in [0, 0.1) is 5.92 Å². The third-order valence-electron chi connectivity index (χ3n) is 5.36. The number of hydrogen-bond donors (Lipinski definition) is 4. The molecule has 1 fully saturated rings. The van der Waals surface area contributed by atoms with Crippen LogP contribution in [0.2, 0.25) is 0 Å². The van der Waals surface area contributed by atoms with Crippen molar-refractivity contribution >= 4 is 34.9 Å². The third kappa shape index (κ3) is 3.39. The van der Waals surface area contributed by atoms with Gasteiger partial charge in [0.2, 0.25) is 5.91 Å². The summed E-state index contributed by atoms with van der Waals surface area (Å²) in [7, 11) is 0. The first-order chi connectivity index (χ1) is 14.4. The largest absolute Gasteiger partial charge is 0.477 e. The van der Waals surface area contributed by atoms with E-state index in [0.29, 0.717) is 28.9 Å². The lowest BCUT2D eigenvalue weighted by Crippen LogP contribution is -2.61. The van der Waals surface area contributed by atoms with Gasteiger partial charge in [-0.25, -0.2) is 9.59 Å². The summed E-state index contributed by atoms with van der Waals surface area (Å²) in [6, 6.07) is 9.29. The molecule has 3 amide bonds. The lowest BCUT2D eigenvalue weighted by atomic mass is 9.82. The summed E-state index contributed by atoms with van der Waals surface area (Å²) in [5.41, 5.74) is 2.28. The van der Waals surface area contributed by atoms with Crippen LogP contribution in [0.1, 0.15) is 18.9 Å². The summed E-state index contributed by atoms with van der Waals surface area (Å²) in [5.74, 6) is -2.13. The van der Waals surface area contributed by atoms with Gasteiger partial charge in [0.1, 0.15) is 5.70 Å². The number of aromatic nitrogens is 1. The number of aliphatic carboxylic acids is 1. The van der Waals surface area contributed by atoms with Crippen molar-refractivity contribution in [1.29, 1.82) is 0 Å². The van der Waals surface area contributed by atoms with Crippen LogP contribution < -0.4 is 10.6 Å². The van der Waals surface area contributed by atoms with E-state index in [1.54, 1.807) is 48.8 Å². The first-order valence-corrected chi connectivity index (χ1v) is 9.43. The zero-order valence-electron chi connectivity index (χ0n) is 16.1. The number of urea groups is 1. The van der Waals surface area contributed by atoms with Crippen molar-refractivity contribution in [3.05, 3.63) is 60.1 Å². The second-order valence-electron chi connectivity index (χ2n) is 7.27. The fourth-order valence-corrected chi connectivity index (χ4v) is 4.01. The maximum atomic E-state index is 12.3. The highest BCUT2D eigenvalue weighted by molar-refractivity contribution is 6.06. The SMILES string of the molecule is C[C@@H](O)[C@H]1C(=O)N2C(C(=O)O)=C(c3ccc(NC(=O)Nc4ccncc4)cc3)C[C@H]12. The minimum absolute atomic E-state index is 0.0435. The molecular formula is C21H20N4O5. The number of β-lactam (4-membered cyclic amide) rings is 1. The number of carbonyl (C=O) groups is 3. The van der Waals surface area contributed by atoms with Gasteiger partial charge >= 0.3 is 12.0 Å². The molecule has 1 saturated heterocycles. The summed E-state index contributed by atoms with van der Waals surface area (Å²) in [4.78, 5) is 41.4. The molecule has 30 heavy (non-hydrogen) atoms. The van der Waals surface area contributed by atoms with E-state index in [-0.39, 0.29) is 17.6 Å². The van der Waals surface area contributed by atoms with Crippen molar-refractivity contribution in [3.8, 4) is 0 Å². The normalized spacial score (nSPS) is 21.0. The zero-order chi connectivity index (χ0) is 21.4. The Morgan fingerprint density at radius 2 is 1.70 bits per heavy atom. The van der Waals surface area contributed by atoms with E-state index in [4.69, 9.17) is 0 Å². The number of hydrogen-bond acceptors (Lipinski definition) is 5. The number of aliphatic hydroxyl groups is 1. The molecule has 3 heterocycles. The van der Waals surface area contributed by atoms with Gasteiger partial charge < -0.3 is 25.7 Å². The van der Waals surface area contributed by atoms with Crippen LogP contribution in [0.3, 0.4) is 0 Å². The lowest BCUT2D eigenvalue weighted by molar-refractivity contribution is -0.161. The molecule has 9 heteroatoms. The number of nitrogens with one attached hydrogen (secondary N) is 2. The molecule has 4 rings (SSSR count). The minimum Gasteiger partial charge on any atom is -0.477 e. The molecular weight excluding hydrogens is 388 g/mol. The molecule has 0 spiro atoms. The Labute approximate surface area is 172 Å². The number of nitrogens with zero attached hydrogens (tertiary/aromatic N) is 2. The highest BCUT2D eigenvalue weighted by Crippen LogP contribution is 2.46. The monoisotopic (exact) mass is 408 g/mol. The molecule has 1 aromatic heterocycles. The van der Waals surface area contributed by atoms with Gasteiger partial charge in [-0.1, -0.05) is 12.1 Å². The molecule has 1 aromatic carbocycles. The van der Waals surface area contributed by atoms with E-state index in [9.17, 15) is 24.6 Å². The molecule has 0 aliphatic carbocycles. The molecule has 0 radical (unpaired) electrons. The van der Waals surface area contributed by atoms with Crippen LogP contribution in [0.15, 0.2) is 54.5 Å². The summed E-state index contributed by atoms with van der Waals surface area (Å²) < 4.78 is 0. The number of pyridine rings is 1. The van der Waals surface area contributed by atoms with Crippen LogP contribution in [0.5, 0.6) is 0 Å². The lowest BCUT2D eigenvalue weighted by Gasteiger charge is -2.44. The summed E-state index contributed by atoms with van der Waals surface area (Å²) in [5, 5.41) is 24.9. The Hall–Kier alpha value is -3.72. The Morgan fingerprint density at radius 1 is 1.10 bits per heavy atom. The van der Waals surface area contributed by atoms with Gasteiger partial charge in [-0.15, -0.1) is 0 Å². The number of carbonyl (C=O) groups excluding carboxylic acids is 2. The number of carboxylic acid groups (broad SMARTS) is 1. The number of amides is 3. The second kappa shape index (κ2) is 7.60. The summed E-state index contributed by atoms with van der Waals surface area (Å²) in [6.45, 7) is 1.54. The van der Waals surface area contributed by atoms with Crippen molar-refractivity contribution in [1.82, 2.24) is 9.88 Å². The van der Waals surface area contributed by atoms with Crippen LogP contribution in [-0.4, -0.2) is 50.2 Å². The summed E-state index contributed by atoms with van der Waals surface area (Å²) >= 11 is 0. The average molecular weight is 408 g/mol. The van der Waals surface area contributed by atoms with Crippen molar-refractivity contribution in [2.45, 2.75) is 25.5 Å². The molecule has 2 aromatic rings. The van der Waals surface area contributed by atoms with Crippen molar-refractivity contribution in [2.24, 2.45) is 5.92 Å². The van der Waals surface area contributed by atoms with Crippen molar-refractivity contribution < 1.29 is 24.6 Å². The summed E-state index contributed by atoms with van der Waals surface area (Å²) in [6.07, 6.45) is 2.66. The first kappa shape index (κ1) is 19.6. The predicted molar refractivity (Wildman–Crippen MR) is 108 cm³/mol. The first-order valence-electron chi connectivity index (χ1n) is 9.43. The maximum absolute atomic E-state index is 12.3. The van der Waals surface area contributed by atoms with E-state index >= 15 is 0 Å². The van der Waals surface area contributed by atoms with Crippen molar-refractivity contribution in [2.75, 3.05) is 10.6 Å². The molecule has 0 saturated carbocycles. The fraction of sp³-hybridized carbons (Fsp3) is 0.238. The van der Waals surface area contributed by atoms with E-state index in [1.165, 1.54) is 11.8 Å². The molecule has 4 N–H and O–H groups in total. The Kier molecular flexibility index (Phi) is 4.96. The topological polar surface area (TPSA) is 132 Å². The third-order valence-corrected chi connectivity index (χ3v) is 5.36. The number of aliphatic hydroxyl groups excluding tert-OH is 1. The van der Waals surface area contributed by atoms with E-state index < -0.39 is 24.0 Å². The predicted octanol–water partition coefficient (Wildman–Crippen LogP) is 2.13. The Balaban J connectivity index is 1.50. The van der Waals surface area contributed by atoms with Crippen LogP contribution in [0.25, 0.3) is 5.57 Å². The van der Waals surface area contributed by atoms with Gasteiger partial charge in [0, 0.05) is 23.8 Å². The number of rotatable bonds is 5. The van der Waals surface area contributed by atoms with Gasteiger partial charge in [0.15, 0.2) is 0 Å². The van der Waals surface area contributed by atoms with Gasteiger partial charge in [-0.3, -0.25) is 9.78 Å². The molecule has 3 atom stereocenters. The van der Waals surface area contributed by atoms with Crippen LogP contribution >= 0.6 is 0 Å². The van der Waals surface area contributed by atoms with E-state index in [2.05, 4.69) is 15.6 Å². The Morgan fingerprint density at radius 3 is 2.27 bits per heavy atom. The average Bonchev–Trinajstić information content (AvgIpc) is 3.04. The molecule has 2 aliphatic heterocycles. The maximum Gasteiger partial charge on any atom is 0.352 e. The smallest absolute Gasteiger partial charge is 0.352 e. The van der Waals surface area contributed by atoms with Crippen molar-refractivity contribution in [3.63, 3.8) is 0 Å². The van der Waals surface area contributed by atoms with E-state index in [0.717, 1.165) is 0 Å². The van der Waals surface area contributed by atoms with Gasteiger partial charge in [-0.2, -0.15) is 0 Å². The number of anilines is 2. The molecule has 0 unspecified atom stereocenters. The van der Waals surface area contributed by atoms with Crippen LogP contribution in [0.4, 0.5) is 16.2 Å². The fourth-order valence-electron chi connectivity index (χ4n) is 4.01. The second-order valence-corrected chi connectivity index (χ2v) is 7.27. The molecule has 154 valence electrons.